The summed E-state index contributed by atoms with van der Waals surface area (Å²) < 4.78 is 0. The van der Waals surface area contributed by atoms with Crippen molar-refractivity contribution in [2.45, 2.75) is 20.8 Å². The zero-order chi connectivity index (χ0) is 16.1. The van der Waals surface area contributed by atoms with E-state index in [4.69, 9.17) is 0 Å². The van der Waals surface area contributed by atoms with Crippen LogP contribution in [-0.2, 0) is 0 Å². The second-order valence-electron chi connectivity index (χ2n) is 4.67. The lowest BCUT2D eigenvalue weighted by molar-refractivity contribution is -0.383. The van der Waals surface area contributed by atoms with Gasteiger partial charge < -0.3 is 10.2 Å². The lowest BCUT2D eigenvalue weighted by Crippen LogP contribution is -2.24. The molecule has 8 nitrogen and oxygen atoms in total. The summed E-state index contributed by atoms with van der Waals surface area (Å²) in [6, 6.07) is 3.62. The Bertz CT molecular complexity index is 655. The Balaban J connectivity index is 2.44. The molecule has 116 valence electrons. The van der Waals surface area contributed by atoms with Crippen LogP contribution in [0.2, 0.25) is 0 Å². The zero-order valence-corrected chi connectivity index (χ0v) is 12.8. The molecular formula is C14H18N6O2. The van der Waals surface area contributed by atoms with E-state index < -0.39 is 4.92 Å². The highest BCUT2D eigenvalue weighted by Crippen LogP contribution is 2.32. The van der Waals surface area contributed by atoms with E-state index in [0.29, 0.717) is 24.7 Å². The number of hydrogen-bond acceptors (Lipinski definition) is 7. The molecule has 0 saturated heterocycles. The highest BCUT2D eigenvalue weighted by Gasteiger charge is 2.26. The monoisotopic (exact) mass is 302 g/mol. The van der Waals surface area contributed by atoms with Gasteiger partial charge in [0.2, 0.25) is 11.6 Å². The number of nitrogens with one attached hydrogen (secondary N) is 1. The first kappa shape index (κ1) is 15.6. The van der Waals surface area contributed by atoms with Gasteiger partial charge in [-0.2, -0.15) is 0 Å². The van der Waals surface area contributed by atoms with E-state index in [-0.39, 0.29) is 11.5 Å². The van der Waals surface area contributed by atoms with Crippen molar-refractivity contribution in [2.24, 2.45) is 0 Å². The summed E-state index contributed by atoms with van der Waals surface area (Å²) >= 11 is 0. The van der Waals surface area contributed by atoms with Gasteiger partial charge >= 0.3 is 5.69 Å². The molecule has 0 atom stereocenters. The van der Waals surface area contributed by atoms with E-state index in [9.17, 15) is 10.1 Å². The molecule has 0 aliphatic heterocycles. The van der Waals surface area contributed by atoms with Crippen molar-refractivity contribution in [1.29, 1.82) is 0 Å². The van der Waals surface area contributed by atoms with Crippen LogP contribution in [0.25, 0.3) is 0 Å². The van der Waals surface area contributed by atoms with E-state index >= 15 is 0 Å². The van der Waals surface area contributed by atoms with Crippen molar-refractivity contribution < 1.29 is 4.92 Å². The molecule has 0 bridgehead atoms. The first-order valence-electron chi connectivity index (χ1n) is 7.00. The van der Waals surface area contributed by atoms with Crippen LogP contribution >= 0.6 is 0 Å². The normalized spacial score (nSPS) is 10.3. The third kappa shape index (κ3) is 3.27. The van der Waals surface area contributed by atoms with Crippen LogP contribution in [-0.4, -0.2) is 33.0 Å². The van der Waals surface area contributed by atoms with Crippen molar-refractivity contribution in [2.75, 3.05) is 23.3 Å². The van der Waals surface area contributed by atoms with Crippen LogP contribution in [0.15, 0.2) is 24.7 Å². The van der Waals surface area contributed by atoms with Gasteiger partial charge in [-0.3, -0.25) is 10.1 Å². The van der Waals surface area contributed by atoms with Crippen molar-refractivity contribution in [3.63, 3.8) is 0 Å². The fourth-order valence-corrected chi connectivity index (χ4v) is 2.05. The average molecular weight is 302 g/mol. The maximum atomic E-state index is 11.5. The molecule has 1 N–H and O–H groups in total. The van der Waals surface area contributed by atoms with Gasteiger partial charge in [0.1, 0.15) is 12.1 Å². The molecule has 0 aliphatic rings. The van der Waals surface area contributed by atoms with Crippen molar-refractivity contribution in [3.8, 4) is 0 Å². The lowest BCUT2D eigenvalue weighted by atomic mass is 10.3. The minimum absolute atomic E-state index is 0.137. The molecule has 0 radical (unpaired) electrons. The van der Waals surface area contributed by atoms with Crippen LogP contribution in [0.4, 0.5) is 23.1 Å². The summed E-state index contributed by atoms with van der Waals surface area (Å²) in [5.74, 6) is 0.941. The maximum absolute atomic E-state index is 11.5. The molecule has 2 rings (SSSR count). The number of aryl methyl sites for hydroxylation is 1. The molecule has 2 aromatic rings. The Kier molecular flexibility index (Phi) is 4.82. The van der Waals surface area contributed by atoms with Crippen LogP contribution in [0, 0.1) is 17.0 Å². The van der Waals surface area contributed by atoms with Gasteiger partial charge in [0.15, 0.2) is 0 Å². The molecule has 0 spiro atoms. The summed E-state index contributed by atoms with van der Waals surface area (Å²) in [6.45, 7) is 7.00. The Morgan fingerprint density at radius 2 is 1.95 bits per heavy atom. The molecule has 0 unspecified atom stereocenters. The highest BCUT2D eigenvalue weighted by molar-refractivity contribution is 5.73. The predicted molar refractivity (Wildman–Crippen MR) is 84.5 cm³/mol. The van der Waals surface area contributed by atoms with E-state index in [1.807, 2.05) is 31.7 Å². The van der Waals surface area contributed by atoms with E-state index in [0.717, 1.165) is 5.56 Å². The van der Waals surface area contributed by atoms with Crippen LogP contribution in [0.5, 0.6) is 0 Å². The Labute approximate surface area is 128 Å². The second-order valence-corrected chi connectivity index (χ2v) is 4.67. The topological polar surface area (TPSA) is 97.1 Å². The summed E-state index contributed by atoms with van der Waals surface area (Å²) in [7, 11) is 0. The molecule has 2 aromatic heterocycles. The lowest BCUT2D eigenvalue weighted by Gasteiger charge is -2.19. The third-order valence-electron chi connectivity index (χ3n) is 3.21. The number of nitrogens with zero attached hydrogens (tertiary/aromatic N) is 5. The van der Waals surface area contributed by atoms with Gasteiger partial charge in [-0.15, -0.1) is 0 Å². The number of nitro groups is 1. The summed E-state index contributed by atoms with van der Waals surface area (Å²) in [6.07, 6.45) is 3.00. The molecule has 0 aromatic carbocycles. The van der Waals surface area contributed by atoms with Gasteiger partial charge in [-0.25, -0.2) is 15.0 Å². The van der Waals surface area contributed by atoms with Gasteiger partial charge in [-0.1, -0.05) is 6.07 Å². The first-order valence-corrected chi connectivity index (χ1v) is 7.00. The van der Waals surface area contributed by atoms with Gasteiger partial charge in [0.05, 0.1) is 4.92 Å². The SMILES string of the molecule is CCN(CC)c1ncnc(Nc2ccc(C)cn2)c1[N+](=O)[O-]. The van der Waals surface area contributed by atoms with Crippen LogP contribution in [0.3, 0.4) is 0 Å². The van der Waals surface area contributed by atoms with E-state index in [2.05, 4.69) is 20.3 Å². The number of hydrogen-bond donors (Lipinski definition) is 1. The Hall–Kier alpha value is -2.77. The Morgan fingerprint density at radius 3 is 2.50 bits per heavy atom. The van der Waals surface area contributed by atoms with Crippen molar-refractivity contribution >= 4 is 23.1 Å². The number of rotatable bonds is 6. The predicted octanol–water partition coefficient (Wildman–Crippen LogP) is 2.68. The van der Waals surface area contributed by atoms with E-state index in [1.165, 1.54) is 6.33 Å². The number of aromatic nitrogens is 3. The Morgan fingerprint density at radius 1 is 1.23 bits per heavy atom. The molecule has 22 heavy (non-hydrogen) atoms. The minimum Gasteiger partial charge on any atom is -0.351 e. The van der Waals surface area contributed by atoms with E-state index in [1.54, 1.807) is 12.3 Å². The van der Waals surface area contributed by atoms with Gasteiger partial charge in [-0.05, 0) is 32.4 Å². The maximum Gasteiger partial charge on any atom is 0.353 e. The molecular weight excluding hydrogens is 284 g/mol. The standard InChI is InChI=1S/C14H18N6O2/c1-4-19(5-2)14-12(20(21)22)13(16-9-17-14)18-11-7-6-10(3)8-15-11/h6-9H,4-5H2,1-3H3,(H,15,16,17,18). The smallest absolute Gasteiger partial charge is 0.351 e. The fraction of sp³-hybridized carbons (Fsp3) is 0.357. The first-order chi connectivity index (χ1) is 10.6. The summed E-state index contributed by atoms with van der Waals surface area (Å²) in [4.78, 5) is 25.1. The molecule has 0 aliphatic carbocycles. The quantitative estimate of drug-likeness (QED) is 0.647. The van der Waals surface area contributed by atoms with Crippen molar-refractivity contribution in [3.05, 3.63) is 40.3 Å². The van der Waals surface area contributed by atoms with Crippen LogP contribution in [0.1, 0.15) is 19.4 Å². The van der Waals surface area contributed by atoms with Gasteiger partial charge in [0.25, 0.3) is 0 Å². The molecule has 0 fully saturated rings. The summed E-state index contributed by atoms with van der Waals surface area (Å²) in [5, 5.41) is 14.4. The number of anilines is 3. The molecule has 8 heteroatoms. The average Bonchev–Trinajstić information content (AvgIpc) is 2.51. The van der Waals surface area contributed by atoms with Crippen LogP contribution < -0.4 is 10.2 Å². The minimum atomic E-state index is -0.468. The molecule has 2 heterocycles. The second kappa shape index (κ2) is 6.79. The van der Waals surface area contributed by atoms with Gasteiger partial charge in [0, 0.05) is 19.3 Å². The molecule has 0 amide bonds. The highest BCUT2D eigenvalue weighted by atomic mass is 16.6. The van der Waals surface area contributed by atoms with Crippen molar-refractivity contribution in [1.82, 2.24) is 15.0 Å². The zero-order valence-electron chi connectivity index (χ0n) is 12.8. The number of pyridine rings is 1. The molecule has 0 saturated carbocycles. The fourth-order valence-electron chi connectivity index (χ4n) is 2.05. The largest absolute Gasteiger partial charge is 0.353 e. The summed E-state index contributed by atoms with van der Waals surface area (Å²) in [5.41, 5.74) is 0.861. The third-order valence-corrected chi connectivity index (χ3v) is 3.21.